The zero-order valence-corrected chi connectivity index (χ0v) is 19.1. The number of thioether (sulfide) groups is 1. The zero-order valence-electron chi connectivity index (χ0n) is 18.3. The number of aromatic nitrogens is 2. The van der Waals surface area contributed by atoms with E-state index in [4.69, 9.17) is 4.98 Å². The fraction of sp³-hybridized carbons (Fsp3) is 0.192. The highest BCUT2D eigenvalue weighted by Crippen LogP contribution is 2.24. The van der Waals surface area contributed by atoms with Crippen molar-refractivity contribution in [3.05, 3.63) is 99.8 Å². The number of amides is 1. The number of nitrogens with zero attached hydrogens (tertiary/aromatic N) is 2. The van der Waals surface area contributed by atoms with E-state index in [0.29, 0.717) is 16.1 Å². The molecule has 3 aromatic carbocycles. The summed E-state index contributed by atoms with van der Waals surface area (Å²) in [5, 5.41) is 4.08. The molecule has 32 heavy (non-hydrogen) atoms. The molecule has 5 nitrogen and oxygen atoms in total. The van der Waals surface area contributed by atoms with E-state index in [0.717, 1.165) is 22.4 Å². The van der Waals surface area contributed by atoms with E-state index < -0.39 is 0 Å². The van der Waals surface area contributed by atoms with Gasteiger partial charge in [0.25, 0.3) is 5.56 Å². The first kappa shape index (κ1) is 21.8. The molecular formula is C26H25N3O2S. The third kappa shape index (κ3) is 4.60. The third-order valence-corrected chi connectivity index (χ3v) is 6.29. The number of benzene rings is 3. The number of fused-ring (bicyclic) bond motifs is 1. The number of hydrogen-bond donors (Lipinski definition) is 1. The van der Waals surface area contributed by atoms with Crippen LogP contribution in [-0.4, -0.2) is 21.2 Å². The minimum Gasteiger partial charge on any atom is -0.349 e. The van der Waals surface area contributed by atoms with E-state index in [2.05, 4.69) is 5.32 Å². The van der Waals surface area contributed by atoms with Crippen LogP contribution in [0.3, 0.4) is 0 Å². The summed E-state index contributed by atoms with van der Waals surface area (Å²) in [5.74, 6) is 0.0493. The first-order chi connectivity index (χ1) is 15.4. The molecule has 0 aliphatic carbocycles. The average molecular weight is 444 g/mol. The van der Waals surface area contributed by atoms with Crippen LogP contribution in [0.4, 0.5) is 0 Å². The second kappa shape index (κ2) is 9.40. The predicted octanol–water partition coefficient (Wildman–Crippen LogP) is 4.97. The second-order valence-electron chi connectivity index (χ2n) is 7.83. The van der Waals surface area contributed by atoms with Crippen LogP contribution in [0.25, 0.3) is 16.6 Å². The van der Waals surface area contributed by atoms with Crippen molar-refractivity contribution >= 4 is 28.6 Å². The lowest BCUT2D eigenvalue weighted by molar-refractivity contribution is -0.119. The molecule has 0 radical (unpaired) electrons. The number of carbonyl (C=O) groups is 1. The molecule has 162 valence electrons. The number of carbonyl (C=O) groups excluding carboxylic acids is 1. The van der Waals surface area contributed by atoms with E-state index in [-0.39, 0.29) is 23.3 Å². The molecule has 1 atom stereocenters. The monoisotopic (exact) mass is 443 g/mol. The Balaban J connectivity index is 1.65. The Morgan fingerprint density at radius 1 is 1.03 bits per heavy atom. The maximum absolute atomic E-state index is 13.4. The van der Waals surface area contributed by atoms with Gasteiger partial charge < -0.3 is 5.32 Å². The molecule has 1 aromatic heterocycles. The minimum atomic E-state index is -0.136. The maximum Gasteiger partial charge on any atom is 0.266 e. The van der Waals surface area contributed by atoms with Gasteiger partial charge in [0.15, 0.2) is 5.16 Å². The van der Waals surface area contributed by atoms with Crippen molar-refractivity contribution in [2.75, 3.05) is 5.75 Å². The van der Waals surface area contributed by atoms with E-state index in [1.807, 2.05) is 87.5 Å². The molecule has 1 N–H and O–H groups in total. The SMILES string of the molecule is Cc1ccc(-n2c(SCC(=O)N[C@@H](C)c3ccccc3)nc3ccccc3c2=O)c(C)c1. The number of aryl methyl sites for hydroxylation is 2. The third-order valence-electron chi connectivity index (χ3n) is 5.35. The fourth-order valence-corrected chi connectivity index (χ4v) is 4.53. The predicted molar refractivity (Wildman–Crippen MR) is 131 cm³/mol. The van der Waals surface area contributed by atoms with E-state index in [1.165, 1.54) is 11.8 Å². The summed E-state index contributed by atoms with van der Waals surface area (Å²) in [6, 6.07) is 23.0. The Bertz CT molecular complexity index is 1330. The largest absolute Gasteiger partial charge is 0.349 e. The molecule has 0 aliphatic rings. The maximum atomic E-state index is 13.4. The minimum absolute atomic E-state index is 0.101. The molecule has 4 rings (SSSR count). The lowest BCUT2D eigenvalue weighted by atomic mass is 10.1. The Labute approximate surface area is 191 Å². The van der Waals surface area contributed by atoms with Crippen LogP contribution in [0.1, 0.15) is 29.7 Å². The van der Waals surface area contributed by atoms with Crippen molar-refractivity contribution in [3.63, 3.8) is 0 Å². The van der Waals surface area contributed by atoms with Gasteiger partial charge in [0, 0.05) is 0 Å². The Kier molecular flexibility index (Phi) is 6.42. The fourth-order valence-electron chi connectivity index (χ4n) is 3.72. The summed E-state index contributed by atoms with van der Waals surface area (Å²) in [4.78, 5) is 30.8. The Hall–Kier alpha value is -3.38. The van der Waals surface area contributed by atoms with Crippen molar-refractivity contribution in [1.29, 1.82) is 0 Å². The summed E-state index contributed by atoms with van der Waals surface area (Å²) >= 11 is 1.27. The molecule has 0 bridgehead atoms. The highest BCUT2D eigenvalue weighted by molar-refractivity contribution is 7.99. The van der Waals surface area contributed by atoms with Crippen molar-refractivity contribution in [2.45, 2.75) is 32.0 Å². The molecule has 1 heterocycles. The highest BCUT2D eigenvalue weighted by Gasteiger charge is 2.17. The molecule has 0 saturated carbocycles. The molecule has 0 saturated heterocycles. The van der Waals surface area contributed by atoms with Gasteiger partial charge in [-0.2, -0.15) is 0 Å². The Morgan fingerprint density at radius 2 is 1.75 bits per heavy atom. The van der Waals surface area contributed by atoms with Crippen molar-refractivity contribution in [1.82, 2.24) is 14.9 Å². The quantitative estimate of drug-likeness (QED) is 0.337. The average Bonchev–Trinajstić information content (AvgIpc) is 2.79. The molecule has 0 fully saturated rings. The van der Waals surface area contributed by atoms with Gasteiger partial charge in [0.2, 0.25) is 5.91 Å². The number of hydrogen-bond acceptors (Lipinski definition) is 4. The topological polar surface area (TPSA) is 64.0 Å². The van der Waals surface area contributed by atoms with Gasteiger partial charge in [-0.1, -0.05) is 71.9 Å². The number of rotatable bonds is 6. The van der Waals surface area contributed by atoms with E-state index >= 15 is 0 Å². The molecule has 0 spiro atoms. The molecule has 6 heteroatoms. The zero-order chi connectivity index (χ0) is 22.7. The van der Waals surface area contributed by atoms with Gasteiger partial charge in [-0.25, -0.2) is 4.98 Å². The van der Waals surface area contributed by atoms with Gasteiger partial charge in [0.05, 0.1) is 28.4 Å². The van der Waals surface area contributed by atoms with Crippen LogP contribution < -0.4 is 10.9 Å². The van der Waals surface area contributed by atoms with Crippen LogP contribution in [0, 0.1) is 13.8 Å². The molecular weight excluding hydrogens is 418 g/mol. The summed E-state index contributed by atoms with van der Waals surface area (Å²) < 4.78 is 1.62. The van der Waals surface area contributed by atoms with Crippen molar-refractivity contribution in [2.24, 2.45) is 0 Å². The number of para-hydroxylation sites is 1. The molecule has 1 amide bonds. The molecule has 4 aromatic rings. The van der Waals surface area contributed by atoms with Gasteiger partial charge in [-0.3, -0.25) is 14.2 Å². The van der Waals surface area contributed by atoms with Gasteiger partial charge in [0.1, 0.15) is 0 Å². The normalized spacial score (nSPS) is 12.0. The lowest BCUT2D eigenvalue weighted by Gasteiger charge is -2.17. The van der Waals surface area contributed by atoms with Gasteiger partial charge in [-0.05, 0) is 50.1 Å². The van der Waals surface area contributed by atoms with Crippen LogP contribution in [-0.2, 0) is 4.79 Å². The van der Waals surface area contributed by atoms with Crippen LogP contribution in [0.2, 0.25) is 0 Å². The first-order valence-electron chi connectivity index (χ1n) is 10.5. The molecule has 0 aliphatic heterocycles. The lowest BCUT2D eigenvalue weighted by Crippen LogP contribution is -2.29. The van der Waals surface area contributed by atoms with E-state index in [9.17, 15) is 9.59 Å². The summed E-state index contributed by atoms with van der Waals surface area (Å²) in [5.41, 5.74) is 4.41. The van der Waals surface area contributed by atoms with Crippen molar-refractivity contribution in [3.8, 4) is 5.69 Å². The van der Waals surface area contributed by atoms with Crippen LogP contribution in [0.5, 0.6) is 0 Å². The van der Waals surface area contributed by atoms with Crippen LogP contribution in [0.15, 0.2) is 82.7 Å². The Morgan fingerprint density at radius 3 is 2.50 bits per heavy atom. The first-order valence-corrected chi connectivity index (χ1v) is 11.5. The highest BCUT2D eigenvalue weighted by atomic mass is 32.2. The summed E-state index contributed by atoms with van der Waals surface area (Å²) in [7, 11) is 0. The number of nitrogens with one attached hydrogen (secondary N) is 1. The summed E-state index contributed by atoms with van der Waals surface area (Å²) in [6.45, 7) is 5.95. The smallest absolute Gasteiger partial charge is 0.266 e. The summed E-state index contributed by atoms with van der Waals surface area (Å²) in [6.07, 6.45) is 0. The second-order valence-corrected chi connectivity index (χ2v) is 8.77. The standard InChI is InChI=1S/C26H25N3O2S/c1-17-13-14-23(18(2)15-17)29-25(31)21-11-7-8-12-22(21)28-26(29)32-16-24(30)27-19(3)20-9-5-4-6-10-20/h4-15,19H,16H2,1-3H3,(H,27,30)/t19-/m0/s1. The van der Waals surface area contributed by atoms with E-state index in [1.54, 1.807) is 10.6 Å². The van der Waals surface area contributed by atoms with Gasteiger partial charge >= 0.3 is 0 Å². The molecule has 0 unspecified atom stereocenters. The van der Waals surface area contributed by atoms with Crippen molar-refractivity contribution < 1.29 is 4.79 Å². The van der Waals surface area contributed by atoms with Crippen LogP contribution >= 0.6 is 11.8 Å². The van der Waals surface area contributed by atoms with Gasteiger partial charge in [-0.15, -0.1) is 0 Å².